The first kappa shape index (κ1) is 9.71. The molecule has 1 aliphatic rings. The average molecular weight is 195 g/mol. The molecule has 1 fully saturated rings. The lowest BCUT2D eigenvalue weighted by atomic mass is 9.98. The Morgan fingerprint density at radius 3 is 2.79 bits per heavy atom. The van der Waals surface area contributed by atoms with E-state index in [2.05, 4.69) is 4.57 Å². The molecule has 1 aromatic heterocycles. The highest BCUT2D eigenvalue weighted by molar-refractivity contribution is 4.67. The van der Waals surface area contributed by atoms with Crippen molar-refractivity contribution in [2.24, 2.45) is 7.05 Å². The lowest BCUT2D eigenvalue weighted by Gasteiger charge is -2.20. The van der Waals surface area contributed by atoms with Crippen LogP contribution in [0.1, 0.15) is 32.1 Å². The fourth-order valence-corrected chi connectivity index (χ4v) is 2.00. The average Bonchev–Trinajstić information content (AvgIpc) is 2.63. The Bertz CT molecular complexity index is 277. The molecule has 3 nitrogen and oxygen atoms in total. The third-order valence-electron chi connectivity index (χ3n) is 2.84. The topological polar surface area (TPSA) is 18.0 Å². The highest BCUT2D eigenvalue weighted by Gasteiger charge is 2.14. The van der Waals surface area contributed by atoms with Crippen LogP contribution in [0.3, 0.4) is 0 Å². The molecule has 0 aromatic carbocycles. The number of imidazole rings is 1. The number of rotatable bonds is 3. The lowest BCUT2D eigenvalue weighted by Crippen LogP contribution is -2.24. The summed E-state index contributed by atoms with van der Waals surface area (Å²) in [6.45, 7) is 0.700. The van der Waals surface area contributed by atoms with Gasteiger partial charge in [0.05, 0.1) is 13.2 Å². The van der Waals surface area contributed by atoms with Gasteiger partial charge in [0.15, 0.2) is 6.73 Å². The van der Waals surface area contributed by atoms with Gasteiger partial charge in [-0.25, -0.2) is 9.13 Å². The van der Waals surface area contributed by atoms with E-state index in [1.807, 2.05) is 30.3 Å². The smallest absolute Gasteiger partial charge is 0.245 e. The predicted octanol–water partition coefficient (Wildman–Crippen LogP) is 1.62. The Kier molecular flexibility index (Phi) is 3.19. The minimum absolute atomic E-state index is 0.497. The summed E-state index contributed by atoms with van der Waals surface area (Å²) < 4.78 is 9.94. The van der Waals surface area contributed by atoms with E-state index in [1.165, 1.54) is 32.1 Å². The van der Waals surface area contributed by atoms with Crippen LogP contribution in [0.25, 0.3) is 0 Å². The molecule has 0 bridgehead atoms. The third kappa shape index (κ3) is 2.58. The molecule has 1 heterocycles. The van der Waals surface area contributed by atoms with E-state index in [1.54, 1.807) is 0 Å². The standard InChI is InChI=1S/C11H19N2O/c1-12-7-8-13(9-12)10-14-11-5-3-2-4-6-11/h7-9,11H,2-6,10H2,1H3/q+1. The summed E-state index contributed by atoms with van der Waals surface area (Å²) in [6.07, 6.45) is 13.2. The van der Waals surface area contributed by atoms with Crippen molar-refractivity contribution in [1.82, 2.24) is 4.57 Å². The quantitative estimate of drug-likeness (QED) is 0.670. The molecular formula is C11H19N2O+. The van der Waals surface area contributed by atoms with Gasteiger partial charge in [0.1, 0.15) is 12.4 Å². The Hall–Kier alpha value is -0.830. The van der Waals surface area contributed by atoms with E-state index in [-0.39, 0.29) is 0 Å². The molecule has 1 aromatic rings. The highest BCUT2D eigenvalue weighted by Crippen LogP contribution is 2.20. The van der Waals surface area contributed by atoms with Crippen LogP contribution in [0, 0.1) is 0 Å². The number of aromatic nitrogens is 2. The highest BCUT2D eigenvalue weighted by atomic mass is 16.5. The Morgan fingerprint density at radius 2 is 2.14 bits per heavy atom. The van der Waals surface area contributed by atoms with E-state index < -0.39 is 0 Å². The minimum atomic E-state index is 0.497. The lowest BCUT2D eigenvalue weighted by molar-refractivity contribution is -0.671. The van der Waals surface area contributed by atoms with Crippen molar-refractivity contribution in [3.8, 4) is 0 Å². The number of nitrogens with zero attached hydrogens (tertiary/aromatic N) is 2. The van der Waals surface area contributed by atoms with Crippen LogP contribution in [0.15, 0.2) is 18.7 Å². The minimum Gasteiger partial charge on any atom is -0.338 e. The molecular weight excluding hydrogens is 176 g/mol. The van der Waals surface area contributed by atoms with Gasteiger partial charge in [0.25, 0.3) is 0 Å². The Labute approximate surface area is 85.3 Å². The summed E-state index contributed by atoms with van der Waals surface area (Å²) in [7, 11) is 2.02. The largest absolute Gasteiger partial charge is 0.338 e. The zero-order chi connectivity index (χ0) is 9.80. The third-order valence-corrected chi connectivity index (χ3v) is 2.84. The summed E-state index contributed by atoms with van der Waals surface area (Å²) in [5.41, 5.74) is 0. The van der Waals surface area contributed by atoms with Gasteiger partial charge in [-0.05, 0) is 12.8 Å². The van der Waals surface area contributed by atoms with Gasteiger partial charge < -0.3 is 4.74 Å². The summed E-state index contributed by atoms with van der Waals surface area (Å²) in [6, 6.07) is 0. The van der Waals surface area contributed by atoms with Gasteiger partial charge in [-0.3, -0.25) is 0 Å². The molecule has 2 rings (SSSR count). The van der Waals surface area contributed by atoms with Crippen LogP contribution >= 0.6 is 0 Å². The maximum atomic E-state index is 5.83. The number of hydrogen-bond acceptors (Lipinski definition) is 1. The second-order valence-electron chi connectivity index (χ2n) is 4.15. The van der Waals surface area contributed by atoms with Crippen LogP contribution in [-0.2, 0) is 18.5 Å². The van der Waals surface area contributed by atoms with Crippen molar-refractivity contribution < 1.29 is 9.30 Å². The molecule has 0 saturated heterocycles. The van der Waals surface area contributed by atoms with E-state index in [0.717, 1.165) is 0 Å². The molecule has 14 heavy (non-hydrogen) atoms. The first-order valence-electron chi connectivity index (χ1n) is 5.47. The fraction of sp³-hybridized carbons (Fsp3) is 0.727. The van der Waals surface area contributed by atoms with Crippen LogP contribution in [-0.4, -0.2) is 10.7 Å². The summed E-state index contributed by atoms with van der Waals surface area (Å²) >= 11 is 0. The van der Waals surface area contributed by atoms with Crippen LogP contribution in [0.5, 0.6) is 0 Å². The van der Waals surface area contributed by atoms with Gasteiger partial charge in [0.2, 0.25) is 6.33 Å². The van der Waals surface area contributed by atoms with Crippen LogP contribution < -0.4 is 4.57 Å². The zero-order valence-corrected chi connectivity index (χ0v) is 8.85. The molecule has 0 unspecified atom stereocenters. The molecule has 0 spiro atoms. The number of ether oxygens (including phenoxy) is 1. The second kappa shape index (κ2) is 4.60. The molecule has 1 aliphatic carbocycles. The second-order valence-corrected chi connectivity index (χ2v) is 4.15. The molecule has 0 amide bonds. The SMILES string of the molecule is C[n+]1ccn(COC2CCCCC2)c1. The summed E-state index contributed by atoms with van der Waals surface area (Å²) in [5, 5.41) is 0. The first-order valence-corrected chi connectivity index (χ1v) is 5.47. The Morgan fingerprint density at radius 1 is 1.36 bits per heavy atom. The summed E-state index contributed by atoms with van der Waals surface area (Å²) in [4.78, 5) is 0. The van der Waals surface area contributed by atoms with Gasteiger partial charge in [0, 0.05) is 0 Å². The Balaban J connectivity index is 1.76. The number of aryl methyl sites for hydroxylation is 1. The van der Waals surface area contributed by atoms with E-state index in [4.69, 9.17) is 4.74 Å². The zero-order valence-electron chi connectivity index (χ0n) is 8.85. The fourth-order valence-electron chi connectivity index (χ4n) is 2.00. The van der Waals surface area contributed by atoms with E-state index in [9.17, 15) is 0 Å². The number of hydrogen-bond donors (Lipinski definition) is 0. The van der Waals surface area contributed by atoms with Crippen molar-refractivity contribution in [2.45, 2.75) is 44.9 Å². The molecule has 78 valence electrons. The molecule has 0 atom stereocenters. The molecule has 3 heteroatoms. The molecule has 0 N–H and O–H groups in total. The van der Waals surface area contributed by atoms with E-state index >= 15 is 0 Å². The van der Waals surface area contributed by atoms with Crippen molar-refractivity contribution in [3.05, 3.63) is 18.7 Å². The molecule has 0 radical (unpaired) electrons. The maximum absolute atomic E-state index is 5.83. The van der Waals surface area contributed by atoms with Crippen molar-refractivity contribution >= 4 is 0 Å². The maximum Gasteiger partial charge on any atom is 0.245 e. The van der Waals surface area contributed by atoms with Gasteiger partial charge in [-0.2, -0.15) is 0 Å². The van der Waals surface area contributed by atoms with Crippen LogP contribution in [0.4, 0.5) is 0 Å². The van der Waals surface area contributed by atoms with E-state index in [0.29, 0.717) is 12.8 Å². The first-order chi connectivity index (χ1) is 6.84. The monoisotopic (exact) mass is 195 g/mol. The predicted molar refractivity (Wildman–Crippen MR) is 53.6 cm³/mol. The molecule has 0 aliphatic heterocycles. The summed E-state index contributed by atoms with van der Waals surface area (Å²) in [5.74, 6) is 0. The molecule has 1 saturated carbocycles. The van der Waals surface area contributed by atoms with Gasteiger partial charge in [-0.1, -0.05) is 19.3 Å². The van der Waals surface area contributed by atoms with Gasteiger partial charge in [-0.15, -0.1) is 0 Å². The van der Waals surface area contributed by atoms with Crippen molar-refractivity contribution in [3.63, 3.8) is 0 Å². The van der Waals surface area contributed by atoms with Crippen LogP contribution in [0.2, 0.25) is 0 Å². The van der Waals surface area contributed by atoms with Gasteiger partial charge >= 0.3 is 0 Å². The van der Waals surface area contributed by atoms with Crippen molar-refractivity contribution in [2.75, 3.05) is 0 Å². The normalized spacial score (nSPS) is 18.6. The van der Waals surface area contributed by atoms with Crippen molar-refractivity contribution in [1.29, 1.82) is 0 Å².